The molecule has 0 spiro atoms. The van der Waals surface area contributed by atoms with Gasteiger partial charge >= 0.3 is 0 Å². The Morgan fingerprint density at radius 3 is 1.72 bits per heavy atom. The van der Waals surface area contributed by atoms with Crippen LogP contribution in [0.1, 0.15) is 19.2 Å². The predicted molar refractivity (Wildman–Crippen MR) is 213 cm³/mol. The summed E-state index contributed by atoms with van der Waals surface area (Å²) in [5.74, 6) is -0.482. The molecule has 0 bridgehead atoms. The maximum atomic E-state index is 9.57. The quantitative estimate of drug-likeness (QED) is 0.181. The van der Waals surface area contributed by atoms with Crippen molar-refractivity contribution in [2.45, 2.75) is 0 Å². The molecule has 0 fully saturated rings. The number of hydrogen-bond donors (Lipinski definition) is 0. The smallest absolute Gasteiger partial charge is 0.165 e. The van der Waals surface area contributed by atoms with Crippen LogP contribution in [0.2, 0.25) is 0 Å². The van der Waals surface area contributed by atoms with Crippen LogP contribution in [0.3, 0.4) is 0 Å². The minimum Gasteiger partial charge on any atom is -0.208 e. The molecule has 5 heteroatoms. The van der Waals surface area contributed by atoms with Gasteiger partial charge in [-0.2, -0.15) is 0 Å². The van der Waals surface area contributed by atoms with E-state index >= 15 is 0 Å². The lowest BCUT2D eigenvalue weighted by atomic mass is 9.91. The van der Waals surface area contributed by atoms with Crippen molar-refractivity contribution < 1.29 is 19.2 Å². The molecule has 10 rings (SSSR count). The van der Waals surface area contributed by atoms with Gasteiger partial charge in [0.05, 0.1) is 19.2 Å². The average Bonchev–Trinajstić information content (AvgIpc) is 3.92. The SMILES string of the molecule is [2H]c1c([2H])c([2H])c2c(sc3c([2H])c(-c4nc(-c5ccccc5-c5ccccc5-c5ccccc5)nc(-c5c([2H])c([2H])c([2H])c6c5sc5c([2H])c([2H])c([2H])c([2H])c56)n4)c([2H])c([2H])c32)c1[2H]. The Labute approximate surface area is 316 Å². The van der Waals surface area contributed by atoms with E-state index in [-0.39, 0.29) is 87.1 Å². The second-order valence-electron chi connectivity index (χ2n) is 11.3. The summed E-state index contributed by atoms with van der Waals surface area (Å²) in [7, 11) is 0. The van der Waals surface area contributed by atoms with Crippen LogP contribution in [0, 0.1) is 0 Å². The van der Waals surface area contributed by atoms with Crippen molar-refractivity contribution >= 4 is 63.0 Å². The van der Waals surface area contributed by atoms with E-state index in [9.17, 15) is 5.48 Å². The van der Waals surface area contributed by atoms with Gasteiger partial charge in [-0.05, 0) is 46.4 Å². The molecule has 50 heavy (non-hydrogen) atoms. The maximum absolute atomic E-state index is 9.57. The van der Waals surface area contributed by atoms with Gasteiger partial charge in [0, 0.05) is 57.0 Å². The third-order valence-electron chi connectivity index (χ3n) is 8.37. The Morgan fingerprint density at radius 2 is 0.940 bits per heavy atom. The molecular weight excluding hydrogens is 647 g/mol. The zero-order valence-corrected chi connectivity index (χ0v) is 27.3. The summed E-state index contributed by atoms with van der Waals surface area (Å²) in [4.78, 5) is 14.6. The van der Waals surface area contributed by atoms with Crippen molar-refractivity contribution in [1.82, 2.24) is 15.0 Å². The Bertz CT molecular complexity index is 3680. The minimum atomic E-state index is -0.558. The summed E-state index contributed by atoms with van der Waals surface area (Å²) in [5, 5.41) is 0.0407. The molecule has 7 aromatic carbocycles. The highest BCUT2D eigenvalue weighted by Crippen LogP contribution is 2.42. The third-order valence-corrected chi connectivity index (χ3v) is 10.5. The summed E-state index contributed by atoms with van der Waals surface area (Å²) in [5.41, 5.74) is 3.46. The van der Waals surface area contributed by atoms with E-state index in [1.807, 2.05) is 66.7 Å². The second kappa shape index (κ2) is 11.8. The largest absolute Gasteiger partial charge is 0.208 e. The normalized spacial score (nSPS) is 15.5. The van der Waals surface area contributed by atoms with E-state index in [1.54, 1.807) is 12.1 Å². The number of hydrogen-bond acceptors (Lipinski definition) is 5. The van der Waals surface area contributed by atoms with E-state index in [2.05, 4.69) is 0 Å². The van der Waals surface area contributed by atoms with Gasteiger partial charge in [0.1, 0.15) is 0 Å². The molecule has 0 atom stereocenters. The molecule has 234 valence electrons. The molecule has 0 aliphatic heterocycles. The maximum Gasteiger partial charge on any atom is 0.165 e. The average molecular weight is 688 g/mol. The van der Waals surface area contributed by atoms with Gasteiger partial charge in [0.15, 0.2) is 17.5 Å². The standard InChI is InChI=1S/C45H27N3S2/c1-2-13-28(14-3-1)30-15-4-5-16-31(30)32-17-6-7-20-37(32)44-46-43(29-25-26-35-33-18-8-10-23-39(33)49-41(35)27-29)47-45(48-44)38-22-12-21-36-34-19-9-11-24-40(34)50-42(36)38/h1-27H/i8D,9D,10D,11D,12D,18D,19D,21D,22D,23D,24D,25D,26D,27D. The molecular formula is C45H27N3S2. The molecule has 0 saturated carbocycles. The first-order valence-corrected chi connectivity index (χ1v) is 17.1. The summed E-state index contributed by atoms with van der Waals surface area (Å²) >= 11 is 1.79. The van der Waals surface area contributed by atoms with Gasteiger partial charge < -0.3 is 0 Å². The van der Waals surface area contributed by atoms with Crippen LogP contribution in [0.5, 0.6) is 0 Å². The fourth-order valence-electron chi connectivity index (χ4n) is 6.12. The van der Waals surface area contributed by atoms with Gasteiger partial charge in [0.2, 0.25) is 0 Å². The number of rotatable bonds is 5. The molecule has 0 saturated heterocycles. The van der Waals surface area contributed by atoms with Crippen molar-refractivity contribution in [2.75, 3.05) is 0 Å². The molecule has 0 amide bonds. The van der Waals surface area contributed by atoms with Gasteiger partial charge in [-0.1, -0.05) is 139 Å². The Balaban J connectivity index is 1.34. The lowest BCUT2D eigenvalue weighted by molar-refractivity contribution is 1.08. The van der Waals surface area contributed by atoms with Gasteiger partial charge in [-0.25, -0.2) is 15.0 Å². The van der Waals surface area contributed by atoms with Gasteiger partial charge in [-0.3, -0.25) is 0 Å². The van der Waals surface area contributed by atoms with E-state index in [0.717, 1.165) is 39.4 Å². The number of nitrogens with zero attached hydrogens (tertiary/aromatic N) is 3. The number of benzene rings is 7. The highest BCUT2D eigenvalue weighted by Gasteiger charge is 2.20. The van der Waals surface area contributed by atoms with Crippen LogP contribution in [0.25, 0.3) is 96.8 Å². The van der Waals surface area contributed by atoms with Gasteiger partial charge in [-0.15, -0.1) is 22.7 Å². The zero-order valence-electron chi connectivity index (χ0n) is 39.7. The lowest BCUT2D eigenvalue weighted by Gasteiger charge is -2.15. The molecule has 0 N–H and O–H groups in total. The number of fused-ring (bicyclic) bond motifs is 6. The highest BCUT2D eigenvalue weighted by atomic mass is 32.1. The van der Waals surface area contributed by atoms with E-state index in [4.69, 9.17) is 28.7 Å². The van der Waals surface area contributed by atoms with Crippen molar-refractivity contribution in [1.29, 1.82) is 0 Å². The van der Waals surface area contributed by atoms with Crippen LogP contribution < -0.4 is 0 Å². The molecule has 3 nitrogen and oxygen atoms in total. The van der Waals surface area contributed by atoms with Crippen molar-refractivity contribution in [2.24, 2.45) is 0 Å². The Hall–Kier alpha value is -6.01. The summed E-state index contributed by atoms with van der Waals surface area (Å²) in [6.45, 7) is 0. The predicted octanol–water partition coefficient (Wildman–Crippen LogP) is 12.9. The van der Waals surface area contributed by atoms with Crippen LogP contribution in [-0.2, 0) is 0 Å². The lowest BCUT2D eigenvalue weighted by Crippen LogP contribution is -2.01. The van der Waals surface area contributed by atoms with Crippen molar-refractivity contribution in [3.8, 4) is 56.4 Å². The molecule has 0 unspecified atom stereocenters. The first kappa shape index (κ1) is 18.1. The first-order valence-electron chi connectivity index (χ1n) is 22.5. The molecule has 0 aliphatic rings. The van der Waals surface area contributed by atoms with Gasteiger partial charge in [0.25, 0.3) is 0 Å². The zero-order chi connectivity index (χ0) is 45.2. The van der Waals surface area contributed by atoms with Crippen LogP contribution in [-0.4, -0.2) is 15.0 Å². The molecule has 3 heterocycles. The fourth-order valence-corrected chi connectivity index (χ4v) is 8.15. The fraction of sp³-hybridized carbons (Fsp3) is 0. The van der Waals surface area contributed by atoms with Crippen LogP contribution in [0.15, 0.2) is 163 Å². The highest BCUT2D eigenvalue weighted by molar-refractivity contribution is 7.26. The van der Waals surface area contributed by atoms with E-state index in [0.29, 0.717) is 11.1 Å². The van der Waals surface area contributed by atoms with Crippen molar-refractivity contribution in [3.05, 3.63) is 163 Å². The number of aromatic nitrogens is 3. The molecule has 0 aliphatic carbocycles. The van der Waals surface area contributed by atoms with Crippen LogP contribution >= 0.6 is 22.7 Å². The summed E-state index contributed by atoms with van der Waals surface area (Å²) in [6, 6.07) is 18.5. The third kappa shape index (κ3) is 4.82. The minimum absolute atomic E-state index is 0.00567. The topological polar surface area (TPSA) is 38.7 Å². The van der Waals surface area contributed by atoms with E-state index < -0.39 is 66.5 Å². The molecule has 10 aromatic rings. The van der Waals surface area contributed by atoms with E-state index in [1.165, 1.54) is 0 Å². The Morgan fingerprint density at radius 1 is 0.380 bits per heavy atom. The second-order valence-corrected chi connectivity index (χ2v) is 13.3. The molecule has 0 radical (unpaired) electrons. The monoisotopic (exact) mass is 687 g/mol. The Kier molecular flexibility index (Phi) is 4.29. The van der Waals surface area contributed by atoms with Crippen LogP contribution in [0.4, 0.5) is 0 Å². The number of thiophene rings is 2. The summed E-state index contributed by atoms with van der Waals surface area (Å²) < 4.78 is 124. The summed E-state index contributed by atoms with van der Waals surface area (Å²) in [6.07, 6.45) is 0. The van der Waals surface area contributed by atoms with Crippen molar-refractivity contribution in [3.63, 3.8) is 0 Å². The first-order chi connectivity index (χ1) is 30.6. The molecule has 3 aromatic heterocycles.